The van der Waals surface area contributed by atoms with Crippen LogP contribution < -0.4 is 0 Å². The Bertz CT molecular complexity index is 143. The third kappa shape index (κ3) is 4.97. The topological polar surface area (TPSA) is 23.5 Å². The normalized spacial score (nSPS) is 16.9. The average molecular weight is 199 g/mol. The number of aliphatic hydroxyl groups is 1. The Hall–Kier alpha value is -0.0800. The summed E-state index contributed by atoms with van der Waals surface area (Å²) in [6, 6.07) is 0.882. The number of hydrogen-bond donors (Lipinski definition) is 1. The second-order valence-electron chi connectivity index (χ2n) is 4.88. The molecule has 84 valence electrons. The smallest absolute Gasteiger partial charge is 0.0431 e. The Balaban J connectivity index is 2.11. The monoisotopic (exact) mass is 199 g/mol. The van der Waals surface area contributed by atoms with E-state index in [0.29, 0.717) is 6.61 Å². The van der Waals surface area contributed by atoms with Gasteiger partial charge in [-0.05, 0) is 51.1 Å². The Labute approximate surface area is 88.3 Å². The van der Waals surface area contributed by atoms with Crippen molar-refractivity contribution in [2.75, 3.05) is 19.7 Å². The third-order valence-corrected chi connectivity index (χ3v) is 2.91. The van der Waals surface area contributed by atoms with Gasteiger partial charge in [0.2, 0.25) is 0 Å². The molecular weight excluding hydrogens is 174 g/mol. The van der Waals surface area contributed by atoms with Crippen molar-refractivity contribution in [3.63, 3.8) is 0 Å². The molecule has 14 heavy (non-hydrogen) atoms. The van der Waals surface area contributed by atoms with Crippen LogP contribution in [-0.4, -0.2) is 35.7 Å². The lowest BCUT2D eigenvalue weighted by Crippen LogP contribution is -2.29. The highest BCUT2D eigenvalue weighted by Gasteiger charge is 2.27. The summed E-state index contributed by atoms with van der Waals surface area (Å²) in [4.78, 5) is 2.62. The molecule has 0 aromatic carbocycles. The van der Waals surface area contributed by atoms with Gasteiger partial charge in [-0.1, -0.05) is 13.8 Å². The fourth-order valence-corrected chi connectivity index (χ4v) is 1.77. The summed E-state index contributed by atoms with van der Waals surface area (Å²) >= 11 is 0. The fourth-order valence-electron chi connectivity index (χ4n) is 1.77. The Morgan fingerprint density at radius 1 is 1.21 bits per heavy atom. The predicted octanol–water partition coefficient (Wildman–Crippen LogP) is 2.27. The van der Waals surface area contributed by atoms with Gasteiger partial charge in [0, 0.05) is 12.6 Å². The second-order valence-corrected chi connectivity index (χ2v) is 4.88. The average Bonchev–Trinajstić information content (AvgIpc) is 2.94. The summed E-state index contributed by atoms with van der Waals surface area (Å²) in [5.41, 5.74) is 0. The van der Waals surface area contributed by atoms with Crippen LogP contribution in [0.25, 0.3) is 0 Å². The van der Waals surface area contributed by atoms with E-state index in [9.17, 15) is 0 Å². The first-order valence-corrected chi connectivity index (χ1v) is 6.09. The lowest BCUT2D eigenvalue weighted by Gasteiger charge is -2.22. The zero-order chi connectivity index (χ0) is 10.4. The van der Waals surface area contributed by atoms with E-state index in [-0.39, 0.29) is 0 Å². The van der Waals surface area contributed by atoms with Gasteiger partial charge in [-0.15, -0.1) is 0 Å². The molecule has 0 bridgehead atoms. The Morgan fingerprint density at radius 3 is 2.43 bits per heavy atom. The van der Waals surface area contributed by atoms with E-state index in [4.69, 9.17) is 5.11 Å². The van der Waals surface area contributed by atoms with Crippen molar-refractivity contribution in [3.05, 3.63) is 0 Å². The van der Waals surface area contributed by atoms with Gasteiger partial charge in [-0.3, -0.25) is 0 Å². The van der Waals surface area contributed by atoms with Crippen LogP contribution in [0.15, 0.2) is 0 Å². The van der Waals surface area contributed by atoms with Gasteiger partial charge < -0.3 is 10.0 Å². The van der Waals surface area contributed by atoms with E-state index in [0.717, 1.165) is 24.8 Å². The second kappa shape index (κ2) is 6.41. The molecule has 2 heteroatoms. The van der Waals surface area contributed by atoms with E-state index < -0.39 is 0 Å². The molecule has 0 aromatic heterocycles. The van der Waals surface area contributed by atoms with Crippen molar-refractivity contribution in [3.8, 4) is 0 Å². The molecule has 0 aliphatic heterocycles. The largest absolute Gasteiger partial charge is 0.396 e. The van der Waals surface area contributed by atoms with Crippen LogP contribution in [0, 0.1) is 5.92 Å². The summed E-state index contributed by atoms with van der Waals surface area (Å²) in [7, 11) is 0. The molecule has 0 aromatic rings. The lowest BCUT2D eigenvalue weighted by atomic mass is 10.1. The van der Waals surface area contributed by atoms with Crippen LogP contribution in [0.5, 0.6) is 0 Å². The maximum Gasteiger partial charge on any atom is 0.0431 e. The zero-order valence-corrected chi connectivity index (χ0v) is 9.71. The van der Waals surface area contributed by atoms with Crippen molar-refractivity contribution >= 4 is 0 Å². The molecule has 0 saturated heterocycles. The van der Waals surface area contributed by atoms with Crippen LogP contribution >= 0.6 is 0 Å². The molecule has 1 rings (SSSR count). The predicted molar refractivity (Wildman–Crippen MR) is 60.4 cm³/mol. The number of rotatable bonds is 8. The Morgan fingerprint density at radius 2 is 1.93 bits per heavy atom. The molecule has 0 atom stereocenters. The van der Waals surface area contributed by atoms with Gasteiger partial charge in [-0.25, -0.2) is 0 Å². The van der Waals surface area contributed by atoms with Crippen molar-refractivity contribution < 1.29 is 5.11 Å². The van der Waals surface area contributed by atoms with Gasteiger partial charge in [-0.2, -0.15) is 0 Å². The molecule has 0 unspecified atom stereocenters. The summed E-state index contributed by atoms with van der Waals surface area (Å²) < 4.78 is 0. The minimum atomic E-state index is 0.350. The van der Waals surface area contributed by atoms with Crippen molar-refractivity contribution in [1.82, 2.24) is 4.90 Å². The minimum absolute atomic E-state index is 0.350. The van der Waals surface area contributed by atoms with Crippen molar-refractivity contribution in [2.45, 2.75) is 52.0 Å². The van der Waals surface area contributed by atoms with Crippen LogP contribution in [0.3, 0.4) is 0 Å². The molecular formula is C12H25NO. The highest BCUT2D eigenvalue weighted by molar-refractivity contribution is 4.84. The maximum absolute atomic E-state index is 8.73. The highest BCUT2D eigenvalue weighted by Crippen LogP contribution is 2.27. The Kier molecular flexibility index (Phi) is 5.49. The quantitative estimate of drug-likeness (QED) is 0.606. The number of nitrogens with zero attached hydrogens (tertiary/aromatic N) is 1. The van der Waals surface area contributed by atoms with Crippen molar-refractivity contribution in [1.29, 1.82) is 0 Å². The first-order valence-electron chi connectivity index (χ1n) is 6.09. The number of unbranched alkanes of at least 4 members (excludes halogenated alkanes) is 1. The molecule has 1 N–H and O–H groups in total. The van der Waals surface area contributed by atoms with Gasteiger partial charge in [0.1, 0.15) is 0 Å². The molecule has 1 saturated carbocycles. The van der Waals surface area contributed by atoms with E-state index >= 15 is 0 Å². The van der Waals surface area contributed by atoms with E-state index in [2.05, 4.69) is 18.7 Å². The zero-order valence-electron chi connectivity index (χ0n) is 9.71. The first-order chi connectivity index (χ1) is 6.74. The molecule has 2 nitrogen and oxygen atoms in total. The summed E-state index contributed by atoms with van der Waals surface area (Å²) in [5.74, 6) is 0.814. The van der Waals surface area contributed by atoms with Crippen LogP contribution in [0.2, 0.25) is 0 Å². The molecule has 1 aliphatic rings. The van der Waals surface area contributed by atoms with Crippen LogP contribution in [-0.2, 0) is 0 Å². The van der Waals surface area contributed by atoms with Gasteiger partial charge >= 0.3 is 0 Å². The van der Waals surface area contributed by atoms with E-state index in [1.807, 2.05) is 0 Å². The SMILES string of the molecule is CC(C)CCN(CCCCO)C1CC1. The number of hydrogen-bond acceptors (Lipinski definition) is 2. The van der Waals surface area contributed by atoms with E-state index in [1.165, 1.54) is 32.4 Å². The first kappa shape index (κ1) is 12.0. The summed E-state index contributed by atoms with van der Waals surface area (Å²) in [6.07, 6.45) is 6.24. The van der Waals surface area contributed by atoms with Gasteiger partial charge in [0.05, 0.1) is 0 Å². The molecule has 0 radical (unpaired) electrons. The molecule has 1 fully saturated rings. The molecule has 0 amide bonds. The number of aliphatic hydroxyl groups excluding tert-OH is 1. The van der Waals surface area contributed by atoms with Crippen LogP contribution in [0.1, 0.15) is 46.0 Å². The highest BCUT2D eigenvalue weighted by atomic mass is 16.2. The molecule has 0 spiro atoms. The van der Waals surface area contributed by atoms with Gasteiger partial charge in [0.15, 0.2) is 0 Å². The lowest BCUT2D eigenvalue weighted by molar-refractivity contribution is 0.225. The third-order valence-electron chi connectivity index (χ3n) is 2.91. The molecule has 0 heterocycles. The standard InChI is InChI=1S/C12H25NO/c1-11(2)7-9-13(12-5-6-12)8-3-4-10-14/h11-12,14H,3-10H2,1-2H3. The van der Waals surface area contributed by atoms with Crippen molar-refractivity contribution in [2.24, 2.45) is 5.92 Å². The summed E-state index contributed by atoms with van der Waals surface area (Å²) in [6.45, 7) is 7.38. The fraction of sp³-hybridized carbons (Fsp3) is 1.00. The minimum Gasteiger partial charge on any atom is -0.396 e. The summed E-state index contributed by atoms with van der Waals surface area (Å²) in [5, 5.41) is 8.73. The maximum atomic E-state index is 8.73. The van der Waals surface area contributed by atoms with Gasteiger partial charge in [0.25, 0.3) is 0 Å². The molecule has 1 aliphatic carbocycles. The van der Waals surface area contributed by atoms with E-state index in [1.54, 1.807) is 0 Å². The van der Waals surface area contributed by atoms with Crippen LogP contribution in [0.4, 0.5) is 0 Å².